The van der Waals surface area contributed by atoms with Crippen LogP contribution < -0.4 is 14.8 Å². The van der Waals surface area contributed by atoms with Crippen LogP contribution in [0.5, 0.6) is 11.5 Å². The maximum atomic E-state index is 6.15. The molecular weight excluding hydrogens is 506 g/mol. The molecule has 1 aromatic heterocycles. The van der Waals surface area contributed by atoms with Gasteiger partial charge in [0.15, 0.2) is 11.5 Å². The second kappa shape index (κ2) is 13.9. The minimum absolute atomic E-state index is 0.372. The van der Waals surface area contributed by atoms with Crippen molar-refractivity contribution in [2.45, 2.75) is 19.8 Å². The fraction of sp³-hybridized carbons (Fsp3) is 0.387. The summed E-state index contributed by atoms with van der Waals surface area (Å²) in [5, 5.41) is 8.59. The van der Waals surface area contributed by atoms with Gasteiger partial charge in [0.2, 0.25) is 0 Å². The fourth-order valence-electron chi connectivity index (χ4n) is 4.70. The summed E-state index contributed by atoms with van der Waals surface area (Å²) < 4.78 is 17.2. The van der Waals surface area contributed by atoms with E-state index >= 15 is 0 Å². The van der Waals surface area contributed by atoms with Crippen LogP contribution in [-0.4, -0.2) is 73.8 Å². The average molecular weight is 544 g/mol. The van der Waals surface area contributed by atoms with Gasteiger partial charge in [-0.25, -0.2) is 9.97 Å². The molecule has 1 unspecified atom stereocenters. The van der Waals surface area contributed by atoms with Gasteiger partial charge in [0.05, 0.1) is 38.2 Å². The first kappa shape index (κ1) is 27.6. The summed E-state index contributed by atoms with van der Waals surface area (Å²) in [7, 11) is 1.64. The minimum Gasteiger partial charge on any atom is -0.493 e. The molecule has 2 heterocycles. The van der Waals surface area contributed by atoms with Gasteiger partial charge in [-0.05, 0) is 43.5 Å². The monoisotopic (exact) mass is 543 g/mol. The molecule has 1 atom stereocenters. The Morgan fingerprint density at radius 1 is 1.10 bits per heavy atom. The Morgan fingerprint density at radius 2 is 1.95 bits per heavy atom. The number of oxime groups is 1. The van der Waals surface area contributed by atoms with E-state index in [1.54, 1.807) is 13.4 Å². The van der Waals surface area contributed by atoms with Gasteiger partial charge in [-0.2, -0.15) is 0 Å². The second-order valence-electron chi connectivity index (χ2n) is 9.88. The first-order chi connectivity index (χ1) is 19.7. The minimum atomic E-state index is 0.372. The van der Waals surface area contributed by atoms with Crippen molar-refractivity contribution in [3.8, 4) is 11.5 Å². The van der Waals surface area contributed by atoms with E-state index in [1.165, 1.54) is 0 Å². The number of nitrogens with zero attached hydrogens (tertiary/aromatic N) is 4. The lowest BCUT2D eigenvalue weighted by Crippen LogP contribution is -2.37. The van der Waals surface area contributed by atoms with Crippen LogP contribution in [0.25, 0.3) is 10.9 Å². The zero-order valence-electron chi connectivity index (χ0n) is 23.2. The van der Waals surface area contributed by atoms with Gasteiger partial charge in [0.25, 0.3) is 0 Å². The van der Waals surface area contributed by atoms with Crippen LogP contribution in [0.2, 0.25) is 0 Å². The molecule has 1 N–H and O–H groups in total. The van der Waals surface area contributed by atoms with Gasteiger partial charge in [-0.3, -0.25) is 4.90 Å². The Bertz CT molecular complexity index is 1350. The number of hydrogen-bond acceptors (Lipinski definition) is 9. The molecule has 1 aliphatic heterocycles. The maximum absolute atomic E-state index is 6.15. The fourth-order valence-corrected chi connectivity index (χ4v) is 4.70. The van der Waals surface area contributed by atoms with Crippen molar-refractivity contribution in [2.75, 3.05) is 58.5 Å². The zero-order chi connectivity index (χ0) is 27.6. The standard InChI is InChI=1S/C31H37N5O4/c1-23(35-40-21-24-7-4-3-5-8-24)25-9-11-26(12-10-25)34-31-27-19-30(29(37-2)20-28(27)32-22-33-31)39-16-6-13-36-14-17-38-18-15-36/h3-5,7,9-12,19-20,22,24H,6,8,13-18,21H2,1-2H3,(H,32,33,34)/b35-23-. The Hall–Kier alpha value is -3.95. The smallest absolute Gasteiger partial charge is 0.162 e. The molecule has 210 valence electrons. The Kier molecular flexibility index (Phi) is 9.60. The lowest BCUT2D eigenvalue weighted by Gasteiger charge is -2.26. The summed E-state index contributed by atoms with van der Waals surface area (Å²) in [5.74, 6) is 2.40. The summed E-state index contributed by atoms with van der Waals surface area (Å²) in [6, 6.07) is 11.9. The largest absolute Gasteiger partial charge is 0.493 e. The van der Waals surface area contributed by atoms with Gasteiger partial charge in [-0.15, -0.1) is 0 Å². The number of fused-ring (bicyclic) bond motifs is 1. The zero-order valence-corrected chi connectivity index (χ0v) is 23.2. The quantitative estimate of drug-likeness (QED) is 0.186. The van der Waals surface area contributed by atoms with Crippen LogP contribution in [0.1, 0.15) is 25.3 Å². The molecule has 0 radical (unpaired) electrons. The number of rotatable bonds is 12. The summed E-state index contributed by atoms with van der Waals surface area (Å²) in [4.78, 5) is 17.0. The van der Waals surface area contributed by atoms with Crippen molar-refractivity contribution < 1.29 is 19.0 Å². The number of nitrogens with one attached hydrogen (secondary N) is 1. The van der Waals surface area contributed by atoms with Crippen molar-refractivity contribution in [1.82, 2.24) is 14.9 Å². The van der Waals surface area contributed by atoms with Gasteiger partial charge in [0.1, 0.15) is 18.8 Å². The molecule has 0 saturated carbocycles. The molecule has 1 saturated heterocycles. The Balaban J connectivity index is 1.22. The predicted molar refractivity (Wildman–Crippen MR) is 158 cm³/mol. The topological polar surface area (TPSA) is 90.3 Å². The van der Waals surface area contributed by atoms with Gasteiger partial charge >= 0.3 is 0 Å². The number of allylic oxidation sites excluding steroid dienone is 3. The van der Waals surface area contributed by atoms with E-state index in [0.717, 1.165) is 73.6 Å². The van der Waals surface area contributed by atoms with E-state index < -0.39 is 0 Å². The molecule has 0 bridgehead atoms. The molecule has 2 aromatic carbocycles. The first-order valence-electron chi connectivity index (χ1n) is 13.8. The third-order valence-electron chi connectivity index (χ3n) is 7.03. The van der Waals surface area contributed by atoms with Gasteiger partial charge < -0.3 is 24.4 Å². The van der Waals surface area contributed by atoms with Gasteiger partial charge in [-0.1, -0.05) is 41.6 Å². The molecule has 1 aliphatic carbocycles. The van der Waals surface area contributed by atoms with E-state index in [2.05, 4.69) is 49.6 Å². The van der Waals surface area contributed by atoms with Crippen LogP contribution >= 0.6 is 0 Å². The number of anilines is 2. The molecule has 0 spiro atoms. The number of benzene rings is 2. The highest BCUT2D eigenvalue weighted by atomic mass is 16.6. The lowest BCUT2D eigenvalue weighted by molar-refractivity contribution is 0.0357. The molecular formula is C31H37N5O4. The summed E-state index contributed by atoms with van der Waals surface area (Å²) in [6.07, 6.45) is 11.9. The Labute approximate surface area is 235 Å². The van der Waals surface area contributed by atoms with E-state index in [4.69, 9.17) is 19.0 Å². The SMILES string of the molecule is COc1cc2ncnc(Nc3ccc(/C(C)=N\OCC4C=CC=CC4)cc3)c2cc1OCCCN1CCOCC1. The van der Waals surface area contributed by atoms with Gasteiger partial charge in [0, 0.05) is 42.7 Å². The number of hydrogen-bond donors (Lipinski definition) is 1. The van der Waals surface area contributed by atoms with E-state index in [9.17, 15) is 0 Å². The van der Waals surface area contributed by atoms with Crippen molar-refractivity contribution in [2.24, 2.45) is 11.1 Å². The van der Waals surface area contributed by atoms with Crippen molar-refractivity contribution in [1.29, 1.82) is 0 Å². The highest BCUT2D eigenvalue weighted by Crippen LogP contribution is 2.35. The third-order valence-corrected chi connectivity index (χ3v) is 7.03. The molecule has 3 aromatic rings. The van der Waals surface area contributed by atoms with Crippen molar-refractivity contribution in [3.05, 3.63) is 72.6 Å². The van der Waals surface area contributed by atoms with Crippen LogP contribution in [0, 0.1) is 5.92 Å². The van der Waals surface area contributed by atoms with Crippen LogP contribution in [0.3, 0.4) is 0 Å². The highest BCUT2D eigenvalue weighted by Gasteiger charge is 2.14. The molecule has 1 fully saturated rings. The summed E-state index contributed by atoms with van der Waals surface area (Å²) in [5.41, 5.74) is 3.50. The van der Waals surface area contributed by atoms with Crippen molar-refractivity contribution >= 4 is 28.1 Å². The van der Waals surface area contributed by atoms with E-state index in [-0.39, 0.29) is 0 Å². The number of aromatic nitrogens is 2. The van der Waals surface area contributed by atoms with Crippen LogP contribution in [0.15, 0.2) is 72.2 Å². The van der Waals surface area contributed by atoms with E-state index in [0.29, 0.717) is 36.4 Å². The first-order valence-corrected chi connectivity index (χ1v) is 13.8. The number of morpholine rings is 1. The Morgan fingerprint density at radius 3 is 2.73 bits per heavy atom. The predicted octanol–water partition coefficient (Wildman–Crippen LogP) is 5.36. The number of methoxy groups -OCH3 is 1. The van der Waals surface area contributed by atoms with Crippen molar-refractivity contribution in [3.63, 3.8) is 0 Å². The van der Waals surface area contributed by atoms with Crippen LogP contribution in [0.4, 0.5) is 11.5 Å². The molecule has 9 nitrogen and oxygen atoms in total. The molecule has 9 heteroatoms. The van der Waals surface area contributed by atoms with Crippen LogP contribution in [-0.2, 0) is 9.57 Å². The summed E-state index contributed by atoms with van der Waals surface area (Å²) >= 11 is 0. The molecule has 5 rings (SSSR count). The normalized spacial score (nSPS) is 17.6. The maximum Gasteiger partial charge on any atom is 0.162 e. The average Bonchev–Trinajstić information content (AvgIpc) is 3.00. The third kappa shape index (κ3) is 7.37. The highest BCUT2D eigenvalue weighted by molar-refractivity contribution is 5.99. The summed E-state index contributed by atoms with van der Waals surface area (Å²) in [6.45, 7) is 7.65. The molecule has 2 aliphatic rings. The van der Waals surface area contributed by atoms with E-state index in [1.807, 2.05) is 43.3 Å². The lowest BCUT2D eigenvalue weighted by atomic mass is 10.0. The number of ether oxygens (including phenoxy) is 3. The second-order valence-corrected chi connectivity index (χ2v) is 9.88. The molecule has 0 amide bonds. The molecule has 40 heavy (non-hydrogen) atoms.